The van der Waals surface area contributed by atoms with E-state index in [1.165, 1.54) is 5.12 Å². The van der Waals surface area contributed by atoms with E-state index in [9.17, 15) is 4.79 Å². The lowest BCUT2D eigenvalue weighted by Crippen LogP contribution is -2.39. The lowest BCUT2D eigenvalue weighted by atomic mass is 10.1. The van der Waals surface area contributed by atoms with E-state index in [2.05, 4.69) is 45.4 Å². The summed E-state index contributed by atoms with van der Waals surface area (Å²) in [6.07, 6.45) is 0. The van der Waals surface area contributed by atoms with Crippen molar-refractivity contribution in [1.82, 2.24) is 14.9 Å². The Kier molecular flexibility index (Phi) is 7.82. The van der Waals surface area contributed by atoms with Gasteiger partial charge in [0.15, 0.2) is 0 Å². The van der Waals surface area contributed by atoms with Gasteiger partial charge in [-0.2, -0.15) is 15.3 Å². The SMILES string of the molecule is C=NN(N=C)c1ccccc1C(=O)N(CC)CCN(CC)c1nc(C)cc(C)n1. The first-order valence-electron chi connectivity index (χ1n) is 9.64. The topological polar surface area (TPSA) is 77.3 Å². The summed E-state index contributed by atoms with van der Waals surface area (Å²) >= 11 is 0. The molecule has 0 spiro atoms. The van der Waals surface area contributed by atoms with E-state index in [-0.39, 0.29) is 5.91 Å². The van der Waals surface area contributed by atoms with Gasteiger partial charge in [0, 0.05) is 51.0 Å². The Labute approximate surface area is 172 Å². The smallest absolute Gasteiger partial charge is 0.256 e. The first kappa shape index (κ1) is 22.0. The third-order valence-electron chi connectivity index (χ3n) is 4.56. The lowest BCUT2D eigenvalue weighted by molar-refractivity contribution is 0.0769. The molecule has 0 aliphatic heterocycles. The fraction of sp³-hybridized carbons (Fsp3) is 0.381. The molecule has 0 bridgehead atoms. The molecule has 154 valence electrons. The summed E-state index contributed by atoms with van der Waals surface area (Å²) < 4.78 is 0. The average Bonchev–Trinajstić information content (AvgIpc) is 2.71. The molecular weight excluding hydrogens is 366 g/mol. The number of anilines is 2. The van der Waals surface area contributed by atoms with Gasteiger partial charge in [-0.15, -0.1) is 0 Å². The molecule has 0 radical (unpaired) electrons. The van der Waals surface area contributed by atoms with Crippen LogP contribution in [-0.4, -0.2) is 60.4 Å². The molecule has 2 rings (SSSR count). The quantitative estimate of drug-likeness (QED) is 0.456. The number of aromatic nitrogens is 2. The minimum Gasteiger partial charge on any atom is -0.339 e. The van der Waals surface area contributed by atoms with E-state index in [1.807, 2.05) is 39.0 Å². The van der Waals surface area contributed by atoms with Gasteiger partial charge >= 0.3 is 0 Å². The van der Waals surface area contributed by atoms with Crippen molar-refractivity contribution >= 4 is 31.0 Å². The number of nitrogens with zero attached hydrogens (tertiary/aromatic N) is 7. The second-order valence-electron chi connectivity index (χ2n) is 6.50. The molecular formula is C21H29N7O. The van der Waals surface area contributed by atoms with Crippen molar-refractivity contribution in [2.24, 2.45) is 10.2 Å². The minimum atomic E-state index is -0.0993. The monoisotopic (exact) mass is 395 g/mol. The van der Waals surface area contributed by atoms with Crippen molar-refractivity contribution in [3.05, 3.63) is 47.3 Å². The second-order valence-corrected chi connectivity index (χ2v) is 6.50. The minimum absolute atomic E-state index is 0.0993. The van der Waals surface area contributed by atoms with Crippen LogP contribution in [0.1, 0.15) is 35.6 Å². The molecule has 0 aliphatic carbocycles. The van der Waals surface area contributed by atoms with Crippen LogP contribution in [0.5, 0.6) is 0 Å². The molecule has 0 unspecified atom stereocenters. The van der Waals surface area contributed by atoms with Crippen LogP contribution in [-0.2, 0) is 0 Å². The van der Waals surface area contributed by atoms with Crippen molar-refractivity contribution in [1.29, 1.82) is 0 Å². The Morgan fingerprint density at radius 2 is 1.62 bits per heavy atom. The van der Waals surface area contributed by atoms with Gasteiger partial charge < -0.3 is 9.80 Å². The highest BCUT2D eigenvalue weighted by atomic mass is 16.2. The van der Waals surface area contributed by atoms with E-state index in [0.717, 1.165) is 17.9 Å². The van der Waals surface area contributed by atoms with Gasteiger partial charge in [-0.25, -0.2) is 9.97 Å². The molecule has 1 aromatic heterocycles. The number of hydrazone groups is 2. The van der Waals surface area contributed by atoms with Crippen molar-refractivity contribution in [3.8, 4) is 0 Å². The Balaban J connectivity index is 2.20. The number of hydrogen-bond donors (Lipinski definition) is 0. The maximum Gasteiger partial charge on any atom is 0.256 e. The summed E-state index contributed by atoms with van der Waals surface area (Å²) in [7, 11) is 0. The van der Waals surface area contributed by atoms with Crippen LogP contribution in [0.25, 0.3) is 0 Å². The van der Waals surface area contributed by atoms with E-state index >= 15 is 0 Å². The van der Waals surface area contributed by atoms with E-state index in [0.29, 0.717) is 36.8 Å². The zero-order valence-electron chi connectivity index (χ0n) is 17.7. The third kappa shape index (κ3) is 5.37. The first-order chi connectivity index (χ1) is 13.9. The molecule has 8 heteroatoms. The molecule has 1 heterocycles. The summed E-state index contributed by atoms with van der Waals surface area (Å²) in [4.78, 5) is 26.1. The summed E-state index contributed by atoms with van der Waals surface area (Å²) in [5, 5.41) is 8.87. The standard InChI is InChI=1S/C21H29N7O/c1-7-26(13-14-27(8-2)21-24-16(3)15-17(4)25-21)20(29)18-11-9-10-12-19(18)28(22-5)23-6/h9-12,15H,5-8,13-14H2,1-4H3. The van der Waals surface area contributed by atoms with Crippen LogP contribution in [0.2, 0.25) is 0 Å². The fourth-order valence-electron chi connectivity index (χ4n) is 3.09. The van der Waals surface area contributed by atoms with Gasteiger partial charge in [0.05, 0.1) is 11.3 Å². The third-order valence-corrected chi connectivity index (χ3v) is 4.56. The second kappa shape index (κ2) is 10.3. The zero-order valence-corrected chi connectivity index (χ0v) is 17.7. The first-order valence-corrected chi connectivity index (χ1v) is 9.64. The van der Waals surface area contributed by atoms with Gasteiger partial charge in [-0.05, 0) is 45.9 Å². The molecule has 0 saturated carbocycles. The average molecular weight is 396 g/mol. The number of benzene rings is 1. The van der Waals surface area contributed by atoms with Gasteiger partial charge in [0.1, 0.15) is 0 Å². The van der Waals surface area contributed by atoms with Gasteiger partial charge in [-0.3, -0.25) is 4.79 Å². The molecule has 0 aliphatic rings. The molecule has 1 amide bonds. The predicted molar refractivity (Wildman–Crippen MR) is 119 cm³/mol. The molecule has 0 fully saturated rings. The number of carbonyl (C=O) groups is 1. The van der Waals surface area contributed by atoms with Crippen LogP contribution in [0.4, 0.5) is 11.6 Å². The summed E-state index contributed by atoms with van der Waals surface area (Å²) in [5.74, 6) is 0.588. The summed E-state index contributed by atoms with van der Waals surface area (Å²) in [6.45, 7) is 17.4. The number of rotatable bonds is 10. The highest BCUT2D eigenvalue weighted by Gasteiger charge is 2.21. The normalized spacial score (nSPS) is 10.3. The number of hydrogen-bond acceptors (Lipinski definition) is 7. The molecule has 0 N–H and O–H groups in total. The van der Waals surface area contributed by atoms with Crippen LogP contribution in [0.15, 0.2) is 40.5 Å². The van der Waals surface area contributed by atoms with Crippen LogP contribution >= 0.6 is 0 Å². The van der Waals surface area contributed by atoms with E-state index < -0.39 is 0 Å². The summed E-state index contributed by atoms with van der Waals surface area (Å²) in [6, 6.07) is 9.11. The molecule has 8 nitrogen and oxygen atoms in total. The van der Waals surface area contributed by atoms with Crippen molar-refractivity contribution in [2.45, 2.75) is 27.7 Å². The van der Waals surface area contributed by atoms with E-state index in [1.54, 1.807) is 17.0 Å². The largest absolute Gasteiger partial charge is 0.339 e. The molecule has 1 aromatic carbocycles. The maximum absolute atomic E-state index is 13.2. The number of para-hydroxylation sites is 1. The molecule has 0 saturated heterocycles. The number of amides is 1. The highest BCUT2D eigenvalue weighted by molar-refractivity contribution is 5.99. The van der Waals surface area contributed by atoms with E-state index in [4.69, 9.17) is 0 Å². The van der Waals surface area contributed by atoms with Crippen LogP contribution in [0, 0.1) is 13.8 Å². The predicted octanol–water partition coefficient (Wildman–Crippen LogP) is 3.12. The van der Waals surface area contributed by atoms with Gasteiger partial charge in [0.25, 0.3) is 5.91 Å². The molecule has 29 heavy (non-hydrogen) atoms. The number of likely N-dealkylation sites (N-methyl/N-ethyl adjacent to an activating group) is 2. The Morgan fingerprint density at radius 1 is 1.00 bits per heavy atom. The van der Waals surface area contributed by atoms with Crippen LogP contribution < -0.4 is 10.0 Å². The highest BCUT2D eigenvalue weighted by Crippen LogP contribution is 2.22. The van der Waals surface area contributed by atoms with Crippen molar-refractivity contribution in [2.75, 3.05) is 36.2 Å². The lowest BCUT2D eigenvalue weighted by Gasteiger charge is -2.27. The number of aryl methyl sites for hydroxylation is 2. The van der Waals surface area contributed by atoms with Crippen molar-refractivity contribution < 1.29 is 4.79 Å². The number of carbonyl (C=O) groups excluding carboxylic acids is 1. The van der Waals surface area contributed by atoms with Crippen molar-refractivity contribution in [3.63, 3.8) is 0 Å². The van der Waals surface area contributed by atoms with Crippen LogP contribution in [0.3, 0.4) is 0 Å². The maximum atomic E-state index is 13.2. The summed E-state index contributed by atoms with van der Waals surface area (Å²) in [5.41, 5.74) is 2.90. The Hall–Kier alpha value is -3.29. The molecule has 2 aromatic rings. The van der Waals surface area contributed by atoms with Gasteiger partial charge in [-0.1, -0.05) is 12.1 Å². The fourth-order valence-corrected chi connectivity index (χ4v) is 3.09. The van der Waals surface area contributed by atoms with Gasteiger partial charge in [0.2, 0.25) is 5.95 Å². The Morgan fingerprint density at radius 3 is 2.17 bits per heavy atom. The zero-order chi connectivity index (χ0) is 21.4. The Bertz CT molecular complexity index is 840. The molecule has 0 atom stereocenters.